The monoisotopic (exact) mass is 370 g/mol. The molecule has 3 aromatic rings. The molecule has 2 N–H and O–H groups in total. The van der Waals surface area contributed by atoms with E-state index in [1.54, 1.807) is 12.3 Å². The highest BCUT2D eigenvalue weighted by Gasteiger charge is 2.32. The number of aliphatic imine (C=N–C) groups is 1. The first-order valence-corrected chi connectivity index (χ1v) is 8.64. The van der Waals surface area contributed by atoms with Crippen molar-refractivity contribution in [1.29, 1.82) is 0 Å². The van der Waals surface area contributed by atoms with E-state index >= 15 is 0 Å². The van der Waals surface area contributed by atoms with Gasteiger partial charge in [-0.3, -0.25) is 4.99 Å². The maximum Gasteiger partial charge on any atom is 0.175 e. The highest BCUT2D eigenvalue weighted by atomic mass is 35.5. The molecule has 0 radical (unpaired) electrons. The fraction of sp³-hybridized carbons (Fsp3) is 0.158. The lowest BCUT2D eigenvalue weighted by molar-refractivity contribution is 0.400. The van der Waals surface area contributed by atoms with Gasteiger partial charge in [-0.15, -0.1) is 0 Å². The average molecular weight is 371 g/mol. The van der Waals surface area contributed by atoms with E-state index in [2.05, 4.69) is 24.0 Å². The molecular formula is C19H16Cl2N4. The molecular weight excluding hydrogens is 355 g/mol. The lowest BCUT2D eigenvalue weighted by Gasteiger charge is -2.31. The summed E-state index contributed by atoms with van der Waals surface area (Å²) in [6, 6.07) is 13.8. The van der Waals surface area contributed by atoms with Crippen LogP contribution < -0.4 is 5.73 Å². The molecule has 0 bridgehead atoms. The number of halogens is 2. The first-order chi connectivity index (χ1) is 11.9. The van der Waals surface area contributed by atoms with Crippen LogP contribution in [0, 0.1) is 0 Å². The standard InChI is InChI=1S/C19H16Cl2N4/c1-19(11-25-6-5-23-18(25)17(22)24-19)14-4-2-3-12(7-14)13-8-15(20)10-16(21)9-13/h2-10H,11H2,1H3,(H2,22,24). The van der Waals surface area contributed by atoms with Gasteiger partial charge in [-0.05, 0) is 47.9 Å². The van der Waals surface area contributed by atoms with Gasteiger partial charge in [0.2, 0.25) is 0 Å². The van der Waals surface area contributed by atoms with Gasteiger partial charge in [0.25, 0.3) is 0 Å². The molecule has 0 spiro atoms. The van der Waals surface area contributed by atoms with Crippen LogP contribution in [-0.2, 0) is 12.1 Å². The average Bonchev–Trinajstić information content (AvgIpc) is 3.02. The molecule has 6 heteroatoms. The van der Waals surface area contributed by atoms with Crippen molar-refractivity contribution in [3.63, 3.8) is 0 Å². The first kappa shape index (κ1) is 16.2. The maximum absolute atomic E-state index is 6.15. The van der Waals surface area contributed by atoms with Gasteiger partial charge in [0.1, 0.15) is 5.54 Å². The van der Waals surface area contributed by atoms with E-state index in [9.17, 15) is 0 Å². The highest BCUT2D eigenvalue weighted by Crippen LogP contribution is 2.34. The summed E-state index contributed by atoms with van der Waals surface area (Å²) in [7, 11) is 0. The van der Waals surface area contributed by atoms with Gasteiger partial charge >= 0.3 is 0 Å². The third-order valence-corrected chi connectivity index (χ3v) is 4.91. The summed E-state index contributed by atoms with van der Waals surface area (Å²) < 4.78 is 2.03. The second kappa shape index (κ2) is 5.90. The molecule has 1 aromatic heterocycles. The van der Waals surface area contributed by atoms with E-state index in [1.165, 1.54) is 0 Å². The Morgan fingerprint density at radius 2 is 1.84 bits per heavy atom. The van der Waals surface area contributed by atoms with Crippen LogP contribution in [0.15, 0.2) is 59.9 Å². The second-order valence-corrected chi connectivity index (χ2v) is 7.26. The molecule has 0 aliphatic carbocycles. The Hall–Kier alpha value is -2.30. The lowest BCUT2D eigenvalue weighted by atomic mass is 9.89. The largest absolute Gasteiger partial charge is 0.381 e. The van der Waals surface area contributed by atoms with Crippen molar-refractivity contribution in [3.05, 3.63) is 76.3 Å². The Kier molecular flexibility index (Phi) is 3.82. The summed E-state index contributed by atoms with van der Waals surface area (Å²) >= 11 is 12.3. The van der Waals surface area contributed by atoms with E-state index in [-0.39, 0.29) is 0 Å². The van der Waals surface area contributed by atoms with E-state index in [1.807, 2.05) is 35.0 Å². The number of amidine groups is 1. The van der Waals surface area contributed by atoms with Crippen molar-refractivity contribution >= 4 is 29.0 Å². The first-order valence-electron chi connectivity index (χ1n) is 7.88. The topological polar surface area (TPSA) is 56.2 Å². The molecule has 4 rings (SSSR count). The number of aromatic nitrogens is 2. The number of nitrogens with two attached hydrogens (primary N) is 1. The molecule has 2 aromatic carbocycles. The SMILES string of the molecule is CC1(c2cccc(-c3cc(Cl)cc(Cl)c3)c2)Cn2ccnc2C(N)=N1. The van der Waals surface area contributed by atoms with Crippen LogP contribution >= 0.6 is 23.2 Å². The molecule has 1 unspecified atom stereocenters. The fourth-order valence-corrected chi connectivity index (χ4v) is 3.79. The highest BCUT2D eigenvalue weighted by molar-refractivity contribution is 6.35. The van der Waals surface area contributed by atoms with Gasteiger partial charge in [0, 0.05) is 22.4 Å². The summed E-state index contributed by atoms with van der Waals surface area (Å²) in [6.07, 6.45) is 3.67. The number of hydrogen-bond donors (Lipinski definition) is 1. The molecule has 1 aliphatic rings. The van der Waals surface area contributed by atoms with Crippen LogP contribution in [0.2, 0.25) is 10.0 Å². The Morgan fingerprint density at radius 1 is 1.08 bits per heavy atom. The normalized spacial score (nSPS) is 19.4. The number of imidazole rings is 1. The van der Waals surface area contributed by atoms with E-state index in [4.69, 9.17) is 33.9 Å². The lowest BCUT2D eigenvalue weighted by Crippen LogP contribution is -2.37. The number of benzene rings is 2. The Morgan fingerprint density at radius 3 is 2.60 bits per heavy atom. The third kappa shape index (κ3) is 2.92. The second-order valence-electron chi connectivity index (χ2n) is 6.39. The summed E-state index contributed by atoms with van der Waals surface area (Å²) in [5.74, 6) is 1.17. The summed E-state index contributed by atoms with van der Waals surface area (Å²) in [5.41, 5.74) is 8.74. The molecule has 0 fully saturated rings. The van der Waals surface area contributed by atoms with Crippen molar-refractivity contribution in [2.24, 2.45) is 10.7 Å². The van der Waals surface area contributed by atoms with E-state index < -0.39 is 5.54 Å². The predicted molar refractivity (Wildman–Crippen MR) is 102 cm³/mol. The number of nitrogens with zero attached hydrogens (tertiary/aromatic N) is 3. The summed E-state index contributed by atoms with van der Waals surface area (Å²) in [4.78, 5) is 8.99. The fourth-order valence-electron chi connectivity index (χ4n) is 3.26. The van der Waals surface area contributed by atoms with Gasteiger partial charge in [-0.25, -0.2) is 4.98 Å². The minimum Gasteiger partial charge on any atom is -0.381 e. The number of hydrogen-bond acceptors (Lipinski definition) is 3. The van der Waals surface area contributed by atoms with Gasteiger partial charge in [-0.1, -0.05) is 41.4 Å². The zero-order valence-corrected chi connectivity index (χ0v) is 15.1. The zero-order valence-electron chi connectivity index (χ0n) is 13.6. The van der Waals surface area contributed by atoms with Gasteiger partial charge in [0.15, 0.2) is 11.7 Å². The molecule has 2 heterocycles. The zero-order chi connectivity index (χ0) is 17.6. The molecule has 0 saturated heterocycles. The van der Waals surface area contributed by atoms with Crippen molar-refractivity contribution in [3.8, 4) is 11.1 Å². The summed E-state index contributed by atoms with van der Waals surface area (Å²) in [6.45, 7) is 2.76. The predicted octanol–water partition coefficient (Wildman–Crippen LogP) is 4.49. The van der Waals surface area contributed by atoms with Gasteiger partial charge in [0.05, 0.1) is 6.54 Å². The van der Waals surface area contributed by atoms with Crippen molar-refractivity contribution in [1.82, 2.24) is 9.55 Å². The number of rotatable bonds is 2. The van der Waals surface area contributed by atoms with Gasteiger partial charge < -0.3 is 10.3 Å². The van der Waals surface area contributed by atoms with E-state index in [0.717, 1.165) is 22.5 Å². The molecule has 25 heavy (non-hydrogen) atoms. The smallest absolute Gasteiger partial charge is 0.175 e. The Balaban J connectivity index is 1.78. The summed E-state index contributed by atoms with van der Waals surface area (Å²) in [5, 5.41) is 1.23. The van der Waals surface area contributed by atoms with Gasteiger partial charge in [-0.2, -0.15) is 0 Å². The molecule has 1 aliphatic heterocycles. The van der Waals surface area contributed by atoms with Crippen molar-refractivity contribution in [2.45, 2.75) is 19.0 Å². The van der Waals surface area contributed by atoms with Crippen LogP contribution in [0.5, 0.6) is 0 Å². The number of fused-ring (bicyclic) bond motifs is 1. The minimum atomic E-state index is -0.462. The Labute approximate surface area is 155 Å². The van der Waals surface area contributed by atoms with E-state index in [0.29, 0.717) is 22.4 Å². The quantitative estimate of drug-likeness (QED) is 0.722. The van der Waals surface area contributed by atoms with Crippen LogP contribution in [0.3, 0.4) is 0 Å². The van der Waals surface area contributed by atoms with Crippen molar-refractivity contribution < 1.29 is 0 Å². The maximum atomic E-state index is 6.15. The van der Waals surface area contributed by atoms with Crippen LogP contribution in [0.1, 0.15) is 18.3 Å². The minimum absolute atomic E-state index is 0.454. The Bertz CT molecular complexity index is 972. The van der Waals surface area contributed by atoms with Crippen molar-refractivity contribution in [2.75, 3.05) is 0 Å². The molecule has 126 valence electrons. The molecule has 0 amide bonds. The molecule has 4 nitrogen and oxygen atoms in total. The van der Waals surface area contributed by atoms with Crippen LogP contribution in [0.4, 0.5) is 0 Å². The van der Waals surface area contributed by atoms with Crippen LogP contribution in [-0.4, -0.2) is 15.4 Å². The molecule has 0 saturated carbocycles. The van der Waals surface area contributed by atoms with Crippen LogP contribution in [0.25, 0.3) is 11.1 Å². The third-order valence-electron chi connectivity index (χ3n) is 4.47. The molecule has 1 atom stereocenters.